The summed E-state index contributed by atoms with van der Waals surface area (Å²) in [5.74, 6) is -0.364. The summed E-state index contributed by atoms with van der Waals surface area (Å²) in [5, 5.41) is 24.8. The summed E-state index contributed by atoms with van der Waals surface area (Å²) in [6.07, 6.45) is 7.60. The number of carbonyl (C=O) groups excluding carboxylic acids is 1. The van der Waals surface area contributed by atoms with Gasteiger partial charge in [-0.25, -0.2) is 4.39 Å². The highest BCUT2D eigenvalue weighted by molar-refractivity contribution is 6.05. The van der Waals surface area contributed by atoms with Crippen molar-refractivity contribution in [3.05, 3.63) is 47.8 Å². The molecule has 1 amide bonds. The maximum atomic E-state index is 17.0. The van der Waals surface area contributed by atoms with Crippen LogP contribution in [0.25, 0.3) is 0 Å². The van der Waals surface area contributed by atoms with E-state index in [0.717, 1.165) is 0 Å². The molecule has 2 bridgehead atoms. The van der Waals surface area contributed by atoms with E-state index in [0.29, 0.717) is 48.9 Å². The average molecular weight is 484 g/mol. The van der Waals surface area contributed by atoms with Gasteiger partial charge < -0.3 is 25.2 Å². The van der Waals surface area contributed by atoms with E-state index >= 15 is 4.39 Å². The molecule has 188 valence electrons. The van der Waals surface area contributed by atoms with Gasteiger partial charge in [0.15, 0.2) is 5.67 Å². The van der Waals surface area contributed by atoms with Crippen LogP contribution in [0.4, 0.5) is 10.1 Å². The van der Waals surface area contributed by atoms with Gasteiger partial charge in [-0.1, -0.05) is 13.0 Å². The number of aliphatic hydroxyl groups excluding tert-OH is 2. The predicted octanol–water partition coefficient (Wildman–Crippen LogP) is 2.76. The van der Waals surface area contributed by atoms with Crippen molar-refractivity contribution in [3.8, 4) is 0 Å². The number of nitrogens with one attached hydrogen (secondary N) is 1. The number of halogens is 1. The molecular weight excluding hydrogens is 449 g/mol. The van der Waals surface area contributed by atoms with Crippen LogP contribution in [0.3, 0.4) is 0 Å². The topological polar surface area (TPSA) is 94.9 Å². The number of aromatic nitrogens is 1. The molecule has 3 N–H and O–H groups in total. The van der Waals surface area contributed by atoms with Crippen LogP contribution in [0.2, 0.25) is 0 Å². The minimum atomic E-state index is -1.75. The second kappa shape index (κ2) is 7.44. The Hall–Kier alpha value is -2.13. The number of fused-ring (bicyclic) bond motifs is 1. The van der Waals surface area contributed by atoms with Gasteiger partial charge >= 0.3 is 0 Å². The first-order chi connectivity index (χ1) is 16.6. The minimum Gasteiger partial charge on any atom is -0.388 e. The van der Waals surface area contributed by atoms with Crippen molar-refractivity contribution < 1.29 is 24.1 Å². The molecular formula is C27H34FN3O4. The number of anilines is 1. The van der Waals surface area contributed by atoms with Crippen LogP contribution in [-0.4, -0.2) is 75.2 Å². The fourth-order valence-corrected chi connectivity index (χ4v) is 7.97. The van der Waals surface area contributed by atoms with Crippen molar-refractivity contribution >= 4 is 11.6 Å². The molecule has 3 aliphatic carbocycles. The van der Waals surface area contributed by atoms with E-state index in [1.165, 1.54) is 0 Å². The average Bonchev–Trinajstić information content (AvgIpc) is 3.36. The second-order valence-electron chi connectivity index (χ2n) is 11.6. The molecule has 1 saturated heterocycles. The molecule has 2 aliphatic heterocycles. The number of rotatable bonds is 3. The Morgan fingerprint density at radius 3 is 2.77 bits per heavy atom. The van der Waals surface area contributed by atoms with E-state index in [1.54, 1.807) is 30.6 Å². The maximum Gasteiger partial charge on any atom is 0.251 e. The smallest absolute Gasteiger partial charge is 0.251 e. The summed E-state index contributed by atoms with van der Waals surface area (Å²) in [4.78, 5) is 19.3. The van der Waals surface area contributed by atoms with E-state index in [9.17, 15) is 15.0 Å². The van der Waals surface area contributed by atoms with Crippen molar-refractivity contribution in [2.45, 2.75) is 80.6 Å². The third-order valence-electron chi connectivity index (χ3n) is 9.81. The van der Waals surface area contributed by atoms with Crippen molar-refractivity contribution in [2.24, 2.45) is 11.3 Å². The van der Waals surface area contributed by atoms with E-state index in [1.807, 2.05) is 25.1 Å². The van der Waals surface area contributed by atoms with Gasteiger partial charge in [-0.15, -0.1) is 0 Å². The quantitative estimate of drug-likeness (QED) is 0.573. The molecule has 3 fully saturated rings. The van der Waals surface area contributed by atoms with Crippen LogP contribution in [0.5, 0.6) is 0 Å². The zero-order valence-electron chi connectivity index (χ0n) is 20.5. The second-order valence-corrected chi connectivity index (χ2v) is 11.6. The maximum absolute atomic E-state index is 17.0. The van der Waals surface area contributed by atoms with Crippen molar-refractivity contribution in [1.82, 2.24) is 9.88 Å². The Morgan fingerprint density at radius 1 is 1.26 bits per heavy atom. The number of hydrogen-bond donors (Lipinski definition) is 3. The Bertz CT molecular complexity index is 1120. The normalized spacial score (nSPS) is 45.8. The number of amides is 1. The summed E-state index contributed by atoms with van der Waals surface area (Å²) in [5.41, 5.74) is -2.30. The number of nitrogens with zero attached hydrogens (tertiary/aromatic N) is 2. The highest BCUT2D eigenvalue weighted by atomic mass is 19.1. The lowest BCUT2D eigenvalue weighted by molar-refractivity contribution is -0.241. The van der Waals surface area contributed by atoms with Gasteiger partial charge in [0.05, 0.1) is 23.6 Å². The van der Waals surface area contributed by atoms with E-state index < -0.39 is 34.5 Å². The summed E-state index contributed by atoms with van der Waals surface area (Å²) in [6.45, 7) is 2.07. The van der Waals surface area contributed by atoms with Crippen molar-refractivity contribution in [2.75, 3.05) is 19.4 Å². The van der Waals surface area contributed by atoms with E-state index in [2.05, 4.69) is 17.2 Å². The monoisotopic (exact) mass is 483 g/mol. The van der Waals surface area contributed by atoms with Crippen LogP contribution < -0.4 is 5.32 Å². The lowest BCUT2D eigenvalue weighted by Gasteiger charge is -2.60. The number of hydrogen-bond acceptors (Lipinski definition) is 6. The molecule has 2 spiro atoms. The summed E-state index contributed by atoms with van der Waals surface area (Å²) < 4.78 is 23.9. The number of allylic oxidation sites excluding steroid dienone is 1. The molecule has 0 aromatic carbocycles. The first-order valence-electron chi connectivity index (χ1n) is 12.6. The van der Waals surface area contributed by atoms with E-state index in [4.69, 9.17) is 4.74 Å². The Labute approximate surface area is 205 Å². The van der Waals surface area contributed by atoms with Crippen LogP contribution in [0.15, 0.2) is 47.8 Å². The molecule has 7 nitrogen and oxygen atoms in total. The first kappa shape index (κ1) is 23.3. The number of alkyl halides is 1. The molecule has 8 heteroatoms. The van der Waals surface area contributed by atoms with Crippen LogP contribution >= 0.6 is 0 Å². The third-order valence-corrected chi connectivity index (χ3v) is 9.81. The van der Waals surface area contributed by atoms with Crippen molar-refractivity contribution in [3.63, 3.8) is 0 Å². The minimum absolute atomic E-state index is 0.172. The summed E-state index contributed by atoms with van der Waals surface area (Å²) in [6, 6.07) is 3.28. The molecule has 2 unspecified atom stereocenters. The Balaban J connectivity index is 1.35. The number of ether oxygens (including phenoxy) is 1. The summed E-state index contributed by atoms with van der Waals surface area (Å²) >= 11 is 0. The van der Waals surface area contributed by atoms with Gasteiger partial charge in [0.25, 0.3) is 5.91 Å². The lowest BCUT2D eigenvalue weighted by atomic mass is 9.53. The Morgan fingerprint density at radius 2 is 2.06 bits per heavy atom. The van der Waals surface area contributed by atoms with Gasteiger partial charge in [0.1, 0.15) is 11.7 Å². The summed E-state index contributed by atoms with van der Waals surface area (Å²) in [7, 11) is 3.76. The number of aliphatic hydroxyl groups is 2. The number of pyridine rings is 1. The van der Waals surface area contributed by atoms with Gasteiger partial charge in [-0.2, -0.15) is 0 Å². The fourth-order valence-electron chi connectivity index (χ4n) is 7.97. The molecule has 1 aromatic heterocycles. The molecule has 6 rings (SSSR count). The first-order valence-corrected chi connectivity index (χ1v) is 12.6. The molecule has 2 saturated carbocycles. The SMILES string of the molecule is CN(C)[C@H]1C[C@@]23CC[C@]4(O2)C2CC=C(C(=O)Nc5cccnc5)[C@@]2(C)CCC4(F)C=C3[C@@H](O)[C@@H]1O. The molecule has 1 aromatic rings. The molecule has 5 aliphatic rings. The van der Waals surface area contributed by atoms with Crippen LogP contribution in [0.1, 0.15) is 45.4 Å². The third kappa shape index (κ3) is 2.97. The zero-order chi connectivity index (χ0) is 24.8. The molecule has 0 radical (unpaired) electrons. The molecule has 8 atom stereocenters. The highest BCUT2D eigenvalue weighted by Crippen LogP contribution is 2.70. The fraction of sp³-hybridized carbons (Fsp3) is 0.630. The standard InChI is InChI=1S/C27H34FN3O4/c1-24-8-10-26(28)13-18-21(32)22(33)19(31(2)3)14-25(18)9-11-27(26,35-25)20(24)7-6-17(24)23(34)30-16-5-4-12-29-15-16/h4-6,12-13,15,19-22,32-33H,7-11,14H2,1-3H3,(H,30,34)/t19-,20?,21+,22+,24+,25+,26?,27-/m0/s1. The molecule has 35 heavy (non-hydrogen) atoms. The molecule has 3 heterocycles. The number of likely N-dealkylation sites (N-methyl/N-ethyl adjacent to an activating group) is 1. The van der Waals surface area contributed by atoms with Gasteiger partial charge in [-0.3, -0.25) is 9.78 Å². The van der Waals surface area contributed by atoms with Crippen LogP contribution in [-0.2, 0) is 9.53 Å². The predicted molar refractivity (Wildman–Crippen MR) is 128 cm³/mol. The van der Waals surface area contributed by atoms with Crippen molar-refractivity contribution in [1.29, 1.82) is 0 Å². The van der Waals surface area contributed by atoms with Gasteiger partial charge in [0.2, 0.25) is 0 Å². The lowest BCUT2D eigenvalue weighted by Crippen LogP contribution is -2.68. The van der Waals surface area contributed by atoms with Gasteiger partial charge in [-0.05, 0) is 76.4 Å². The highest BCUT2D eigenvalue weighted by Gasteiger charge is 2.75. The van der Waals surface area contributed by atoms with Gasteiger partial charge in [0, 0.05) is 29.1 Å². The zero-order valence-corrected chi connectivity index (χ0v) is 20.5. The van der Waals surface area contributed by atoms with Crippen LogP contribution in [0, 0.1) is 11.3 Å². The largest absolute Gasteiger partial charge is 0.388 e. The number of carbonyl (C=O) groups is 1. The van der Waals surface area contributed by atoms with E-state index in [-0.39, 0.29) is 24.3 Å². The Kier molecular flexibility index (Phi) is 4.95.